The normalized spacial score (nSPS) is 18.0. The average molecular weight is 344 g/mol. The third kappa shape index (κ3) is 3.44. The fourth-order valence-electron chi connectivity index (χ4n) is 3.06. The lowest BCUT2D eigenvalue weighted by Gasteiger charge is -2.20. The molecule has 0 radical (unpaired) electrons. The quantitative estimate of drug-likeness (QED) is 0.850. The van der Waals surface area contributed by atoms with E-state index in [-0.39, 0.29) is 30.5 Å². The van der Waals surface area contributed by atoms with Gasteiger partial charge >= 0.3 is 5.69 Å². The van der Waals surface area contributed by atoms with E-state index >= 15 is 0 Å². The van der Waals surface area contributed by atoms with Crippen LogP contribution >= 0.6 is 0 Å². The summed E-state index contributed by atoms with van der Waals surface area (Å²) >= 11 is 0. The fourth-order valence-corrected chi connectivity index (χ4v) is 3.06. The molecule has 0 N–H and O–H groups in total. The number of benzene rings is 1. The van der Waals surface area contributed by atoms with Crippen LogP contribution in [0.4, 0.5) is 0 Å². The molecule has 0 amide bonds. The number of ether oxygens (including phenoxy) is 1. The summed E-state index contributed by atoms with van der Waals surface area (Å²) in [5, 5.41) is 0.446. The number of hydrogen-bond acceptors (Lipinski definition) is 4. The van der Waals surface area contributed by atoms with Crippen LogP contribution in [0.15, 0.2) is 33.9 Å². The predicted octanol–water partition coefficient (Wildman–Crippen LogP) is 1.96. The molecule has 6 nitrogen and oxygen atoms in total. The van der Waals surface area contributed by atoms with Crippen molar-refractivity contribution in [2.24, 2.45) is 5.41 Å². The summed E-state index contributed by atoms with van der Waals surface area (Å²) in [6.45, 7) is 6.31. The minimum absolute atomic E-state index is 0.0470. The van der Waals surface area contributed by atoms with Crippen molar-refractivity contribution in [3.8, 4) is 0 Å². The Labute approximate surface area is 146 Å². The van der Waals surface area contributed by atoms with Crippen molar-refractivity contribution in [3.63, 3.8) is 0 Å². The van der Waals surface area contributed by atoms with Gasteiger partial charge in [0.25, 0.3) is 5.56 Å². The summed E-state index contributed by atoms with van der Waals surface area (Å²) in [5.41, 5.74) is -0.832. The first kappa shape index (κ1) is 17.6. The second-order valence-corrected chi connectivity index (χ2v) is 7.61. The number of nitrogens with zero attached hydrogens (tertiary/aromatic N) is 2. The van der Waals surface area contributed by atoms with Crippen molar-refractivity contribution in [3.05, 3.63) is 45.1 Å². The van der Waals surface area contributed by atoms with E-state index in [0.717, 1.165) is 12.8 Å². The molecule has 25 heavy (non-hydrogen) atoms. The SMILES string of the molecule is CC(C)(C)C(=O)Cn1c(=O)n(C[C@H]2CCCO2)c(=O)c2ccccc21. The van der Waals surface area contributed by atoms with Gasteiger partial charge in [0.1, 0.15) is 0 Å². The number of rotatable bonds is 4. The number of fused-ring (bicyclic) bond motifs is 1. The van der Waals surface area contributed by atoms with Gasteiger partial charge in [-0.25, -0.2) is 4.79 Å². The van der Waals surface area contributed by atoms with Crippen molar-refractivity contribution >= 4 is 16.7 Å². The minimum Gasteiger partial charge on any atom is -0.376 e. The molecule has 3 rings (SSSR count). The number of aromatic nitrogens is 2. The van der Waals surface area contributed by atoms with Crippen LogP contribution in [-0.4, -0.2) is 27.6 Å². The van der Waals surface area contributed by atoms with Gasteiger partial charge in [-0.1, -0.05) is 32.9 Å². The molecular weight excluding hydrogens is 320 g/mol. The molecule has 1 aromatic heterocycles. The van der Waals surface area contributed by atoms with Crippen molar-refractivity contribution in [1.29, 1.82) is 0 Å². The molecule has 0 aliphatic carbocycles. The fraction of sp³-hybridized carbons (Fsp3) is 0.526. The standard InChI is InChI=1S/C19H24N2O4/c1-19(2,3)16(22)12-20-15-9-5-4-8-14(15)17(23)21(18(20)24)11-13-7-6-10-25-13/h4-5,8-9,13H,6-7,10-12H2,1-3H3/t13-/m1/s1. The number of carbonyl (C=O) groups is 1. The molecule has 1 fully saturated rings. The molecule has 1 atom stereocenters. The highest BCUT2D eigenvalue weighted by Gasteiger charge is 2.25. The van der Waals surface area contributed by atoms with E-state index in [2.05, 4.69) is 0 Å². The van der Waals surface area contributed by atoms with Crippen LogP contribution in [0.3, 0.4) is 0 Å². The Morgan fingerprint density at radius 3 is 2.56 bits per heavy atom. The van der Waals surface area contributed by atoms with E-state index < -0.39 is 11.1 Å². The molecule has 0 spiro atoms. The van der Waals surface area contributed by atoms with Gasteiger partial charge in [-0.2, -0.15) is 0 Å². The van der Waals surface area contributed by atoms with Crippen LogP contribution in [0.5, 0.6) is 0 Å². The number of carbonyl (C=O) groups excluding carboxylic acids is 1. The Bertz CT molecular complexity index is 912. The highest BCUT2D eigenvalue weighted by atomic mass is 16.5. The van der Waals surface area contributed by atoms with Crippen LogP contribution in [0.2, 0.25) is 0 Å². The van der Waals surface area contributed by atoms with Crippen molar-refractivity contribution < 1.29 is 9.53 Å². The molecule has 0 saturated carbocycles. The van der Waals surface area contributed by atoms with Crippen LogP contribution in [-0.2, 0) is 22.6 Å². The molecule has 2 aromatic rings. The first-order valence-corrected chi connectivity index (χ1v) is 8.66. The summed E-state index contributed by atoms with van der Waals surface area (Å²) in [7, 11) is 0. The third-order valence-electron chi connectivity index (χ3n) is 4.68. The zero-order chi connectivity index (χ0) is 18.2. The molecule has 6 heteroatoms. The Balaban J connectivity index is 2.15. The predicted molar refractivity (Wildman–Crippen MR) is 95.9 cm³/mol. The lowest BCUT2D eigenvalue weighted by atomic mass is 9.91. The molecule has 1 aliphatic heterocycles. The van der Waals surface area contributed by atoms with E-state index in [9.17, 15) is 14.4 Å². The second-order valence-electron chi connectivity index (χ2n) is 7.61. The van der Waals surface area contributed by atoms with Gasteiger partial charge in [0, 0.05) is 12.0 Å². The summed E-state index contributed by atoms with van der Waals surface area (Å²) in [6.07, 6.45) is 1.64. The first-order valence-electron chi connectivity index (χ1n) is 8.66. The van der Waals surface area contributed by atoms with Crippen LogP contribution in [0, 0.1) is 5.41 Å². The second kappa shape index (κ2) is 6.59. The van der Waals surface area contributed by atoms with Crippen LogP contribution in [0.1, 0.15) is 33.6 Å². The maximum absolute atomic E-state index is 13.0. The van der Waals surface area contributed by atoms with E-state index in [1.165, 1.54) is 9.13 Å². The van der Waals surface area contributed by atoms with Crippen LogP contribution in [0.25, 0.3) is 10.9 Å². The largest absolute Gasteiger partial charge is 0.376 e. The highest BCUT2D eigenvalue weighted by molar-refractivity contribution is 5.85. The topological polar surface area (TPSA) is 70.3 Å². The molecule has 2 heterocycles. The average Bonchev–Trinajstić information content (AvgIpc) is 3.07. The van der Waals surface area contributed by atoms with E-state index in [0.29, 0.717) is 17.5 Å². The molecule has 1 saturated heterocycles. The molecule has 0 unspecified atom stereocenters. The molecule has 1 aliphatic rings. The number of ketones is 1. The summed E-state index contributed by atoms with van der Waals surface area (Å²) in [5.74, 6) is -0.0536. The smallest absolute Gasteiger partial charge is 0.331 e. The monoisotopic (exact) mass is 344 g/mol. The van der Waals surface area contributed by atoms with Crippen LogP contribution < -0.4 is 11.2 Å². The third-order valence-corrected chi connectivity index (χ3v) is 4.68. The van der Waals surface area contributed by atoms with Gasteiger partial charge in [-0.3, -0.25) is 18.7 Å². The van der Waals surface area contributed by atoms with Gasteiger partial charge in [-0.05, 0) is 25.0 Å². The van der Waals surface area contributed by atoms with Gasteiger partial charge in [-0.15, -0.1) is 0 Å². The number of hydrogen-bond donors (Lipinski definition) is 0. The molecule has 1 aromatic carbocycles. The zero-order valence-electron chi connectivity index (χ0n) is 14.9. The lowest BCUT2D eigenvalue weighted by Crippen LogP contribution is -2.44. The summed E-state index contributed by atoms with van der Waals surface area (Å²) in [4.78, 5) is 38.3. The summed E-state index contributed by atoms with van der Waals surface area (Å²) in [6, 6.07) is 6.94. The minimum atomic E-state index is -0.559. The summed E-state index contributed by atoms with van der Waals surface area (Å²) < 4.78 is 8.21. The molecular formula is C19H24N2O4. The van der Waals surface area contributed by atoms with Gasteiger partial charge < -0.3 is 4.74 Å². The Kier molecular flexibility index (Phi) is 4.64. The lowest BCUT2D eigenvalue weighted by molar-refractivity contribution is -0.126. The maximum Gasteiger partial charge on any atom is 0.331 e. The van der Waals surface area contributed by atoms with Gasteiger partial charge in [0.05, 0.1) is 30.1 Å². The van der Waals surface area contributed by atoms with E-state index in [1.54, 1.807) is 24.3 Å². The van der Waals surface area contributed by atoms with E-state index in [4.69, 9.17) is 4.74 Å². The Morgan fingerprint density at radius 2 is 1.92 bits per heavy atom. The number of Topliss-reactive ketones (excluding diaryl/α,β-unsaturated/α-hetero) is 1. The molecule has 134 valence electrons. The van der Waals surface area contributed by atoms with E-state index in [1.807, 2.05) is 20.8 Å². The van der Waals surface area contributed by atoms with Crippen molar-refractivity contribution in [2.75, 3.05) is 6.61 Å². The van der Waals surface area contributed by atoms with Crippen molar-refractivity contribution in [2.45, 2.75) is 52.8 Å². The number of para-hydroxylation sites is 1. The van der Waals surface area contributed by atoms with Gasteiger partial charge in [0.2, 0.25) is 0 Å². The maximum atomic E-state index is 13.0. The Hall–Kier alpha value is -2.21. The zero-order valence-corrected chi connectivity index (χ0v) is 14.9. The van der Waals surface area contributed by atoms with Gasteiger partial charge in [0.15, 0.2) is 5.78 Å². The first-order chi connectivity index (χ1) is 11.8. The highest BCUT2D eigenvalue weighted by Crippen LogP contribution is 2.17. The Morgan fingerprint density at radius 1 is 1.20 bits per heavy atom. The molecule has 0 bridgehead atoms. The van der Waals surface area contributed by atoms with Crippen molar-refractivity contribution in [1.82, 2.24) is 9.13 Å².